The van der Waals surface area contributed by atoms with Crippen molar-refractivity contribution in [2.75, 3.05) is 12.4 Å². The Bertz CT molecular complexity index is 621. The average Bonchev–Trinajstić information content (AvgIpc) is 2.50. The summed E-state index contributed by atoms with van der Waals surface area (Å²) in [6.45, 7) is 0.908. The highest BCUT2D eigenvalue weighted by atomic mass is 79.9. The first-order valence-corrected chi connectivity index (χ1v) is 7.79. The molecule has 0 saturated heterocycles. The molecule has 0 aliphatic carbocycles. The van der Waals surface area contributed by atoms with E-state index in [-0.39, 0.29) is 10.4 Å². The average molecular weight is 371 g/mol. The van der Waals surface area contributed by atoms with Gasteiger partial charge in [0.15, 0.2) is 0 Å². The molecule has 0 aromatic heterocycles. The molecule has 0 N–H and O–H groups in total. The largest absolute Gasteiger partial charge is 0.333 e. The first kappa shape index (κ1) is 16.0. The second kappa shape index (κ2) is 7.57. The molecule has 0 heterocycles. The number of carbonyl (C=O) groups is 1. The normalized spacial score (nSPS) is 10.4. The van der Waals surface area contributed by atoms with Crippen LogP contribution >= 0.6 is 27.5 Å². The number of rotatable bonds is 5. The molecule has 5 heteroatoms. The third-order valence-electron chi connectivity index (χ3n) is 3.02. The molecule has 0 radical (unpaired) electrons. The summed E-state index contributed by atoms with van der Waals surface area (Å²) < 4.78 is 13.5. The lowest BCUT2D eigenvalue weighted by Gasteiger charge is -2.22. The second-order valence-corrected chi connectivity index (χ2v) is 5.76. The minimum Gasteiger partial charge on any atom is -0.333 e. The van der Waals surface area contributed by atoms with Crippen molar-refractivity contribution in [1.29, 1.82) is 0 Å². The van der Waals surface area contributed by atoms with E-state index in [0.717, 1.165) is 5.56 Å². The summed E-state index contributed by atoms with van der Waals surface area (Å²) in [7, 11) is 0. The van der Waals surface area contributed by atoms with Gasteiger partial charge in [-0.15, -0.1) is 11.6 Å². The van der Waals surface area contributed by atoms with Gasteiger partial charge in [0.05, 0.1) is 4.47 Å². The fourth-order valence-corrected chi connectivity index (χ4v) is 2.55. The molecular weight excluding hydrogens is 357 g/mol. The molecule has 2 aromatic carbocycles. The van der Waals surface area contributed by atoms with Crippen molar-refractivity contribution in [3.8, 4) is 0 Å². The summed E-state index contributed by atoms with van der Waals surface area (Å²) in [4.78, 5) is 14.2. The smallest absolute Gasteiger partial charge is 0.254 e. The van der Waals surface area contributed by atoms with Gasteiger partial charge in [0.2, 0.25) is 0 Å². The van der Waals surface area contributed by atoms with Gasteiger partial charge in [0.1, 0.15) is 5.82 Å². The number of halogens is 3. The van der Waals surface area contributed by atoms with Crippen molar-refractivity contribution in [1.82, 2.24) is 4.90 Å². The van der Waals surface area contributed by atoms with Crippen LogP contribution in [-0.2, 0) is 6.54 Å². The Morgan fingerprint density at radius 3 is 2.52 bits per heavy atom. The van der Waals surface area contributed by atoms with Crippen molar-refractivity contribution in [3.05, 3.63) is 69.9 Å². The van der Waals surface area contributed by atoms with E-state index in [9.17, 15) is 9.18 Å². The third kappa shape index (κ3) is 4.29. The van der Waals surface area contributed by atoms with Crippen molar-refractivity contribution in [2.24, 2.45) is 0 Å². The zero-order valence-corrected chi connectivity index (χ0v) is 13.6. The van der Waals surface area contributed by atoms with Gasteiger partial charge in [-0.1, -0.05) is 30.3 Å². The summed E-state index contributed by atoms with van der Waals surface area (Å²) >= 11 is 8.88. The Balaban J connectivity index is 2.20. The molecule has 0 bridgehead atoms. The van der Waals surface area contributed by atoms with Crippen LogP contribution in [0.1, 0.15) is 15.9 Å². The van der Waals surface area contributed by atoms with Crippen LogP contribution in [-0.4, -0.2) is 23.2 Å². The number of benzene rings is 2. The minimum atomic E-state index is -0.390. The first-order chi connectivity index (χ1) is 10.1. The Morgan fingerprint density at radius 1 is 1.19 bits per heavy atom. The molecular formula is C16H14BrClFNO. The predicted molar refractivity (Wildman–Crippen MR) is 86.0 cm³/mol. The maximum absolute atomic E-state index is 13.3. The zero-order chi connectivity index (χ0) is 15.2. The summed E-state index contributed by atoms with van der Waals surface area (Å²) in [5.41, 5.74) is 1.46. The Kier molecular flexibility index (Phi) is 5.76. The van der Waals surface area contributed by atoms with Crippen molar-refractivity contribution >= 4 is 33.4 Å². The van der Waals surface area contributed by atoms with Crippen molar-refractivity contribution in [2.45, 2.75) is 6.54 Å². The molecule has 21 heavy (non-hydrogen) atoms. The maximum Gasteiger partial charge on any atom is 0.254 e. The fourth-order valence-electron chi connectivity index (χ4n) is 1.97. The van der Waals surface area contributed by atoms with Crippen molar-refractivity contribution < 1.29 is 9.18 Å². The fraction of sp³-hybridized carbons (Fsp3) is 0.188. The molecule has 110 valence electrons. The van der Waals surface area contributed by atoms with Gasteiger partial charge in [-0.25, -0.2) is 4.39 Å². The molecule has 0 unspecified atom stereocenters. The van der Waals surface area contributed by atoms with Gasteiger partial charge in [-0.2, -0.15) is 0 Å². The number of alkyl halides is 1. The van der Waals surface area contributed by atoms with Crippen LogP contribution in [0.4, 0.5) is 4.39 Å². The molecule has 1 amide bonds. The van der Waals surface area contributed by atoms with Crippen LogP contribution in [0.15, 0.2) is 53.0 Å². The quantitative estimate of drug-likeness (QED) is 0.711. The highest BCUT2D eigenvalue weighted by molar-refractivity contribution is 9.10. The van der Waals surface area contributed by atoms with E-state index < -0.39 is 5.82 Å². The molecule has 0 aliphatic rings. The Morgan fingerprint density at radius 2 is 1.90 bits per heavy atom. The molecule has 2 rings (SSSR count). The number of amides is 1. The molecule has 0 spiro atoms. The van der Waals surface area contributed by atoms with Crippen LogP contribution in [0.3, 0.4) is 0 Å². The van der Waals surface area contributed by atoms with Gasteiger partial charge in [0, 0.05) is 24.5 Å². The summed E-state index contributed by atoms with van der Waals surface area (Å²) in [6.07, 6.45) is 0. The van der Waals surface area contributed by atoms with Gasteiger partial charge >= 0.3 is 0 Å². The van der Waals surface area contributed by atoms with Crippen LogP contribution in [0.5, 0.6) is 0 Å². The zero-order valence-electron chi connectivity index (χ0n) is 11.2. The second-order valence-electron chi connectivity index (χ2n) is 4.53. The number of hydrogen-bond donors (Lipinski definition) is 0. The van der Waals surface area contributed by atoms with Crippen molar-refractivity contribution in [3.63, 3.8) is 0 Å². The lowest BCUT2D eigenvalue weighted by molar-refractivity contribution is 0.0753. The molecule has 2 aromatic rings. The molecule has 0 aliphatic heterocycles. The van der Waals surface area contributed by atoms with Gasteiger partial charge in [-0.3, -0.25) is 4.79 Å². The van der Waals surface area contributed by atoms with E-state index in [4.69, 9.17) is 11.6 Å². The van der Waals surface area contributed by atoms with E-state index in [0.29, 0.717) is 24.5 Å². The van der Waals surface area contributed by atoms with E-state index in [2.05, 4.69) is 15.9 Å². The first-order valence-electron chi connectivity index (χ1n) is 6.46. The third-order valence-corrected chi connectivity index (χ3v) is 3.80. The summed E-state index contributed by atoms with van der Waals surface area (Å²) in [5.74, 6) is -0.209. The topological polar surface area (TPSA) is 20.3 Å². The monoisotopic (exact) mass is 369 g/mol. The van der Waals surface area contributed by atoms with Crippen LogP contribution in [0.2, 0.25) is 0 Å². The van der Waals surface area contributed by atoms with Crippen LogP contribution in [0, 0.1) is 5.82 Å². The summed E-state index contributed by atoms with van der Waals surface area (Å²) in [6, 6.07) is 13.9. The molecule has 2 nitrogen and oxygen atoms in total. The van der Waals surface area contributed by atoms with E-state index >= 15 is 0 Å². The van der Waals surface area contributed by atoms with E-state index in [1.165, 1.54) is 18.2 Å². The SMILES string of the molecule is O=C(c1ccc(F)c(Br)c1)N(CCCl)Cc1ccccc1. The highest BCUT2D eigenvalue weighted by Crippen LogP contribution is 2.19. The molecule has 0 fully saturated rings. The Labute approximate surface area is 136 Å². The maximum atomic E-state index is 13.3. The van der Waals surface area contributed by atoms with E-state index in [1.54, 1.807) is 4.90 Å². The number of nitrogens with zero attached hydrogens (tertiary/aromatic N) is 1. The van der Waals surface area contributed by atoms with Crippen LogP contribution < -0.4 is 0 Å². The molecule has 0 atom stereocenters. The summed E-state index contributed by atoms with van der Waals surface area (Å²) in [5, 5.41) is 0. The van der Waals surface area contributed by atoms with Crippen LogP contribution in [0.25, 0.3) is 0 Å². The lowest BCUT2D eigenvalue weighted by Crippen LogP contribution is -2.32. The molecule has 0 saturated carbocycles. The minimum absolute atomic E-state index is 0.166. The predicted octanol–water partition coefficient (Wildman–Crippen LogP) is 4.47. The highest BCUT2D eigenvalue weighted by Gasteiger charge is 2.16. The Hall–Kier alpha value is -1.39. The van der Waals surface area contributed by atoms with Gasteiger partial charge < -0.3 is 4.90 Å². The lowest BCUT2D eigenvalue weighted by atomic mass is 10.1. The van der Waals surface area contributed by atoms with E-state index in [1.807, 2.05) is 30.3 Å². The number of hydrogen-bond acceptors (Lipinski definition) is 1. The standard InChI is InChI=1S/C16H14BrClFNO/c17-14-10-13(6-7-15(14)19)16(21)20(9-8-18)11-12-4-2-1-3-5-12/h1-7,10H,8-9,11H2. The van der Waals surface area contributed by atoms with Gasteiger partial charge in [0.25, 0.3) is 5.91 Å². The van der Waals surface area contributed by atoms with Gasteiger partial charge in [-0.05, 0) is 39.7 Å². The number of carbonyl (C=O) groups excluding carboxylic acids is 1.